The Hall–Kier alpha value is -1.02. The van der Waals surface area contributed by atoms with Crippen molar-refractivity contribution in [2.24, 2.45) is 0 Å². The van der Waals surface area contributed by atoms with Gasteiger partial charge in [-0.25, -0.2) is 0 Å². The molecule has 94 valence electrons. The van der Waals surface area contributed by atoms with E-state index in [4.69, 9.17) is 0 Å². The number of likely N-dealkylation sites (tertiary alicyclic amines) is 1. The monoisotopic (exact) mass is 232 g/mol. The number of nitrogens with zero attached hydrogens (tertiary/aromatic N) is 1. The van der Waals surface area contributed by atoms with Gasteiger partial charge in [0.05, 0.1) is 0 Å². The van der Waals surface area contributed by atoms with Crippen LogP contribution in [0.25, 0.3) is 0 Å². The highest BCUT2D eigenvalue weighted by atomic mass is 15.2. The second-order valence-corrected chi connectivity index (χ2v) is 5.47. The van der Waals surface area contributed by atoms with Gasteiger partial charge in [-0.3, -0.25) is 4.90 Å². The summed E-state index contributed by atoms with van der Waals surface area (Å²) in [4.78, 5) is 2.54. The predicted molar refractivity (Wildman–Crippen MR) is 74.7 cm³/mol. The van der Waals surface area contributed by atoms with Gasteiger partial charge in [-0.15, -0.1) is 0 Å². The van der Waals surface area contributed by atoms with Gasteiger partial charge < -0.3 is 5.32 Å². The van der Waals surface area contributed by atoms with E-state index in [0.717, 1.165) is 0 Å². The minimum Gasteiger partial charge on any atom is -0.381 e. The van der Waals surface area contributed by atoms with Crippen LogP contribution in [0.3, 0.4) is 0 Å². The molecule has 1 aromatic rings. The van der Waals surface area contributed by atoms with Crippen molar-refractivity contribution in [3.8, 4) is 0 Å². The first-order valence-electron chi connectivity index (χ1n) is 6.64. The third-order valence-corrected chi connectivity index (χ3v) is 3.91. The lowest BCUT2D eigenvalue weighted by atomic mass is 10.1. The van der Waals surface area contributed by atoms with Gasteiger partial charge >= 0.3 is 0 Å². The standard InChI is InChI=1S/C15H24N2/c1-11(2)17-9-8-14(10-17)16-15-7-5-6-12(3)13(15)4/h5-7,11,14,16H,8-10H2,1-4H3. The number of anilines is 1. The van der Waals surface area contributed by atoms with Crippen molar-refractivity contribution in [3.05, 3.63) is 29.3 Å². The first kappa shape index (κ1) is 12.4. The van der Waals surface area contributed by atoms with E-state index in [1.165, 1.54) is 36.3 Å². The molecule has 1 saturated heterocycles. The summed E-state index contributed by atoms with van der Waals surface area (Å²) in [7, 11) is 0. The smallest absolute Gasteiger partial charge is 0.0400 e. The molecular formula is C15H24N2. The van der Waals surface area contributed by atoms with Gasteiger partial charge in [0.15, 0.2) is 0 Å². The molecule has 0 aromatic heterocycles. The van der Waals surface area contributed by atoms with Crippen LogP contribution in [0.2, 0.25) is 0 Å². The van der Waals surface area contributed by atoms with Crippen molar-refractivity contribution in [2.45, 2.75) is 46.2 Å². The zero-order valence-corrected chi connectivity index (χ0v) is 11.5. The summed E-state index contributed by atoms with van der Waals surface area (Å²) >= 11 is 0. The minimum absolute atomic E-state index is 0.609. The van der Waals surface area contributed by atoms with E-state index in [1.54, 1.807) is 0 Å². The number of hydrogen-bond acceptors (Lipinski definition) is 2. The highest BCUT2D eigenvalue weighted by molar-refractivity contribution is 5.54. The highest BCUT2D eigenvalue weighted by Gasteiger charge is 2.24. The van der Waals surface area contributed by atoms with Crippen molar-refractivity contribution in [1.82, 2.24) is 4.90 Å². The second-order valence-electron chi connectivity index (χ2n) is 5.47. The Morgan fingerprint density at radius 3 is 2.71 bits per heavy atom. The van der Waals surface area contributed by atoms with Crippen LogP contribution in [-0.2, 0) is 0 Å². The maximum Gasteiger partial charge on any atom is 0.0400 e. The van der Waals surface area contributed by atoms with Crippen molar-refractivity contribution < 1.29 is 0 Å². The Bertz CT molecular complexity index is 385. The molecule has 1 atom stereocenters. The number of aryl methyl sites for hydroxylation is 1. The predicted octanol–water partition coefficient (Wildman–Crippen LogP) is 3.20. The average molecular weight is 232 g/mol. The van der Waals surface area contributed by atoms with E-state index in [0.29, 0.717) is 12.1 Å². The van der Waals surface area contributed by atoms with Crippen molar-refractivity contribution in [1.29, 1.82) is 0 Å². The molecular weight excluding hydrogens is 208 g/mol. The molecule has 0 saturated carbocycles. The fourth-order valence-electron chi connectivity index (χ4n) is 2.50. The molecule has 2 nitrogen and oxygen atoms in total. The zero-order valence-electron chi connectivity index (χ0n) is 11.5. The maximum absolute atomic E-state index is 3.69. The largest absolute Gasteiger partial charge is 0.381 e. The van der Waals surface area contributed by atoms with Gasteiger partial charge in [0, 0.05) is 30.9 Å². The summed E-state index contributed by atoms with van der Waals surface area (Å²) in [5.41, 5.74) is 4.06. The zero-order chi connectivity index (χ0) is 12.4. The molecule has 2 heteroatoms. The van der Waals surface area contributed by atoms with E-state index in [1.807, 2.05) is 0 Å². The number of nitrogens with one attached hydrogen (secondary N) is 1. The Kier molecular flexibility index (Phi) is 3.72. The quantitative estimate of drug-likeness (QED) is 0.861. The third-order valence-electron chi connectivity index (χ3n) is 3.91. The number of rotatable bonds is 3. The molecule has 2 rings (SSSR count). The minimum atomic E-state index is 0.609. The molecule has 1 heterocycles. The van der Waals surface area contributed by atoms with E-state index < -0.39 is 0 Å². The molecule has 1 N–H and O–H groups in total. The van der Waals surface area contributed by atoms with Gasteiger partial charge in [0.1, 0.15) is 0 Å². The molecule has 17 heavy (non-hydrogen) atoms. The Balaban J connectivity index is 2.00. The normalized spacial score (nSPS) is 21.1. The first-order valence-corrected chi connectivity index (χ1v) is 6.64. The molecule has 0 amide bonds. The molecule has 0 bridgehead atoms. The van der Waals surface area contributed by atoms with Crippen LogP contribution < -0.4 is 5.32 Å². The number of benzene rings is 1. The van der Waals surface area contributed by atoms with Crippen LogP contribution in [0.4, 0.5) is 5.69 Å². The summed E-state index contributed by atoms with van der Waals surface area (Å²) in [6.07, 6.45) is 1.26. The summed E-state index contributed by atoms with van der Waals surface area (Å²) in [6.45, 7) is 11.3. The molecule has 1 aliphatic rings. The summed E-state index contributed by atoms with van der Waals surface area (Å²) in [5.74, 6) is 0. The molecule has 1 fully saturated rings. The maximum atomic E-state index is 3.69. The molecule has 0 aliphatic carbocycles. The summed E-state index contributed by atoms with van der Waals surface area (Å²) in [6, 6.07) is 7.79. The van der Waals surface area contributed by atoms with Crippen LogP contribution in [0, 0.1) is 13.8 Å². The van der Waals surface area contributed by atoms with Gasteiger partial charge in [-0.05, 0) is 51.3 Å². The van der Waals surface area contributed by atoms with E-state index in [2.05, 4.69) is 56.1 Å². The van der Waals surface area contributed by atoms with E-state index in [9.17, 15) is 0 Å². The van der Waals surface area contributed by atoms with Crippen LogP contribution in [0.15, 0.2) is 18.2 Å². The van der Waals surface area contributed by atoms with Gasteiger partial charge in [0.25, 0.3) is 0 Å². The second kappa shape index (κ2) is 5.09. The van der Waals surface area contributed by atoms with Gasteiger partial charge in [0.2, 0.25) is 0 Å². The lowest BCUT2D eigenvalue weighted by Crippen LogP contribution is -2.31. The van der Waals surface area contributed by atoms with Gasteiger partial charge in [-0.1, -0.05) is 12.1 Å². The molecule has 1 aliphatic heterocycles. The Labute approximate surface area is 105 Å². The van der Waals surface area contributed by atoms with Crippen molar-refractivity contribution in [2.75, 3.05) is 18.4 Å². The molecule has 1 aromatic carbocycles. The first-order chi connectivity index (χ1) is 8.08. The Morgan fingerprint density at radius 2 is 2.06 bits per heavy atom. The van der Waals surface area contributed by atoms with Gasteiger partial charge in [-0.2, -0.15) is 0 Å². The number of hydrogen-bond donors (Lipinski definition) is 1. The van der Waals surface area contributed by atoms with Crippen LogP contribution in [0.5, 0.6) is 0 Å². The Morgan fingerprint density at radius 1 is 1.29 bits per heavy atom. The highest BCUT2D eigenvalue weighted by Crippen LogP contribution is 2.22. The van der Waals surface area contributed by atoms with E-state index >= 15 is 0 Å². The molecule has 0 spiro atoms. The molecule has 0 radical (unpaired) electrons. The summed E-state index contributed by atoms with van der Waals surface area (Å²) < 4.78 is 0. The SMILES string of the molecule is Cc1cccc(NC2CCN(C(C)C)C2)c1C. The third kappa shape index (κ3) is 2.81. The lowest BCUT2D eigenvalue weighted by molar-refractivity contribution is 0.274. The average Bonchev–Trinajstić information content (AvgIpc) is 2.73. The van der Waals surface area contributed by atoms with Crippen molar-refractivity contribution >= 4 is 5.69 Å². The summed E-state index contributed by atoms with van der Waals surface area (Å²) in [5, 5.41) is 3.69. The lowest BCUT2D eigenvalue weighted by Gasteiger charge is -2.21. The van der Waals surface area contributed by atoms with Crippen LogP contribution >= 0.6 is 0 Å². The van der Waals surface area contributed by atoms with Crippen LogP contribution in [0.1, 0.15) is 31.4 Å². The topological polar surface area (TPSA) is 15.3 Å². The fraction of sp³-hybridized carbons (Fsp3) is 0.600. The van der Waals surface area contributed by atoms with E-state index in [-0.39, 0.29) is 0 Å². The molecule has 1 unspecified atom stereocenters. The fourth-order valence-corrected chi connectivity index (χ4v) is 2.50. The van der Waals surface area contributed by atoms with Crippen molar-refractivity contribution in [3.63, 3.8) is 0 Å². The van der Waals surface area contributed by atoms with Crippen LogP contribution in [-0.4, -0.2) is 30.1 Å².